The fourth-order valence-electron chi connectivity index (χ4n) is 2.43. The molecule has 1 rings (SSSR count). The van der Waals surface area contributed by atoms with Gasteiger partial charge in [0.15, 0.2) is 0 Å². The van der Waals surface area contributed by atoms with E-state index in [-0.39, 0.29) is 12.8 Å². The number of aliphatic carboxylic acids is 1. The van der Waals surface area contributed by atoms with Gasteiger partial charge in [0.1, 0.15) is 11.6 Å². The molecule has 1 saturated carbocycles. The highest BCUT2D eigenvalue weighted by molar-refractivity contribution is 6.25. The third-order valence-electron chi connectivity index (χ3n) is 3.70. The smallest absolute Gasteiger partial charge is 0.326 e. The van der Waals surface area contributed by atoms with E-state index in [1.807, 2.05) is 0 Å². The fourth-order valence-corrected chi connectivity index (χ4v) is 2.43. The Morgan fingerprint density at radius 3 is 2.52 bits per heavy atom. The molecule has 0 unspecified atom stereocenters. The van der Waals surface area contributed by atoms with Crippen molar-refractivity contribution in [3.63, 3.8) is 0 Å². The molecule has 0 bridgehead atoms. The number of nitrogens with one attached hydrogen (secondary N) is 1. The first-order valence-corrected chi connectivity index (χ1v) is 6.74. The van der Waals surface area contributed by atoms with E-state index in [0.29, 0.717) is 19.1 Å². The fraction of sp³-hybridized carbons (Fsp3) is 0.692. The van der Waals surface area contributed by atoms with Crippen molar-refractivity contribution >= 4 is 23.9 Å². The summed E-state index contributed by atoms with van der Waals surface area (Å²) in [6, 6.07) is -1.18. The SMILES string of the molecule is COC1(C(=O)N[C@@H](CCC(=O)C=[N+]=[N-])C(=O)O)CCCC1. The van der Waals surface area contributed by atoms with E-state index >= 15 is 0 Å². The van der Waals surface area contributed by atoms with Gasteiger partial charge in [-0.3, -0.25) is 9.59 Å². The molecule has 0 radical (unpaired) electrons. The lowest BCUT2D eigenvalue weighted by atomic mass is 9.99. The van der Waals surface area contributed by atoms with Gasteiger partial charge in [-0.2, -0.15) is 4.79 Å². The highest BCUT2D eigenvalue weighted by Crippen LogP contribution is 2.32. The minimum atomic E-state index is -1.22. The summed E-state index contributed by atoms with van der Waals surface area (Å²) < 4.78 is 5.28. The van der Waals surface area contributed by atoms with Crippen molar-refractivity contribution in [2.45, 2.75) is 50.2 Å². The molecule has 1 amide bonds. The number of carboxylic acid groups (broad SMARTS) is 1. The highest BCUT2D eigenvalue weighted by atomic mass is 16.5. The maximum Gasteiger partial charge on any atom is 0.326 e. The largest absolute Gasteiger partial charge is 0.480 e. The molecular weight excluding hydrogens is 278 g/mol. The Bertz CT molecular complexity index is 464. The minimum absolute atomic E-state index is 0.0777. The van der Waals surface area contributed by atoms with Crippen LogP contribution in [-0.2, 0) is 19.1 Å². The summed E-state index contributed by atoms with van der Waals surface area (Å²) in [5, 5.41) is 11.5. The number of hydrogen-bond acceptors (Lipinski definition) is 4. The Kier molecular flexibility index (Phi) is 6.20. The summed E-state index contributed by atoms with van der Waals surface area (Å²) in [6.45, 7) is 0. The van der Waals surface area contributed by atoms with Crippen molar-refractivity contribution in [2.75, 3.05) is 7.11 Å². The van der Waals surface area contributed by atoms with Crippen molar-refractivity contribution in [3.05, 3.63) is 5.53 Å². The summed E-state index contributed by atoms with van der Waals surface area (Å²) in [5.74, 6) is -2.19. The van der Waals surface area contributed by atoms with Crippen LogP contribution in [0.25, 0.3) is 5.53 Å². The monoisotopic (exact) mass is 297 g/mol. The van der Waals surface area contributed by atoms with E-state index in [2.05, 4.69) is 10.1 Å². The molecule has 0 aromatic rings. The van der Waals surface area contributed by atoms with Crippen LogP contribution in [0, 0.1) is 0 Å². The lowest BCUT2D eigenvalue weighted by Crippen LogP contribution is -2.52. The second-order valence-corrected chi connectivity index (χ2v) is 5.02. The zero-order valence-corrected chi connectivity index (χ0v) is 11.9. The van der Waals surface area contributed by atoms with Crippen LogP contribution >= 0.6 is 0 Å². The molecule has 21 heavy (non-hydrogen) atoms. The van der Waals surface area contributed by atoms with E-state index in [0.717, 1.165) is 12.8 Å². The summed E-state index contributed by atoms with van der Waals surface area (Å²) in [4.78, 5) is 37.2. The molecule has 116 valence electrons. The van der Waals surface area contributed by atoms with Gasteiger partial charge in [0.25, 0.3) is 5.91 Å². The summed E-state index contributed by atoms with van der Waals surface area (Å²) >= 11 is 0. The summed E-state index contributed by atoms with van der Waals surface area (Å²) in [5.41, 5.74) is 7.24. The first-order chi connectivity index (χ1) is 9.95. The number of hydrogen-bond donors (Lipinski definition) is 2. The van der Waals surface area contributed by atoms with Gasteiger partial charge in [-0.25, -0.2) is 4.79 Å². The van der Waals surface area contributed by atoms with Crippen LogP contribution in [0.3, 0.4) is 0 Å². The first kappa shape index (κ1) is 17.0. The van der Waals surface area contributed by atoms with Crippen molar-refractivity contribution in [3.8, 4) is 0 Å². The van der Waals surface area contributed by atoms with Crippen LogP contribution in [0.2, 0.25) is 0 Å². The van der Waals surface area contributed by atoms with Crippen molar-refractivity contribution in [1.82, 2.24) is 5.32 Å². The number of amides is 1. The normalized spacial score (nSPS) is 17.6. The predicted octanol–water partition coefficient (Wildman–Crippen LogP) is 0.165. The molecule has 0 saturated heterocycles. The van der Waals surface area contributed by atoms with Crippen LogP contribution in [0.1, 0.15) is 38.5 Å². The molecule has 1 fully saturated rings. The van der Waals surface area contributed by atoms with E-state index in [1.54, 1.807) is 0 Å². The molecule has 0 aromatic carbocycles. The molecule has 0 spiro atoms. The molecule has 1 aliphatic carbocycles. The van der Waals surface area contributed by atoms with Crippen molar-refractivity contribution in [2.24, 2.45) is 0 Å². The lowest BCUT2D eigenvalue weighted by molar-refractivity contribution is -0.149. The lowest BCUT2D eigenvalue weighted by Gasteiger charge is -2.27. The zero-order valence-electron chi connectivity index (χ0n) is 11.9. The van der Waals surface area contributed by atoms with Crippen LogP contribution in [0.15, 0.2) is 0 Å². The van der Waals surface area contributed by atoms with Crippen LogP contribution < -0.4 is 5.32 Å². The number of Topliss-reactive ketones (excluding diaryl/α,β-unsaturated/α-hetero) is 1. The summed E-state index contributed by atoms with van der Waals surface area (Å²) in [6.07, 6.45) is 3.30. The molecule has 0 heterocycles. The van der Waals surface area contributed by atoms with Gasteiger partial charge in [0.05, 0.1) is 0 Å². The van der Waals surface area contributed by atoms with Gasteiger partial charge in [0, 0.05) is 13.5 Å². The molecule has 1 aliphatic rings. The summed E-state index contributed by atoms with van der Waals surface area (Å²) in [7, 11) is 1.43. The van der Waals surface area contributed by atoms with Gasteiger partial charge in [-0.05, 0) is 32.1 Å². The Hall–Kier alpha value is -2.05. The second-order valence-electron chi connectivity index (χ2n) is 5.02. The molecule has 0 aromatic heterocycles. The number of nitrogens with zero attached hydrogens (tertiary/aromatic N) is 2. The average Bonchev–Trinajstić information content (AvgIpc) is 2.93. The highest BCUT2D eigenvalue weighted by Gasteiger charge is 2.42. The van der Waals surface area contributed by atoms with Crippen LogP contribution in [0.5, 0.6) is 0 Å². The van der Waals surface area contributed by atoms with Crippen molar-refractivity contribution in [1.29, 1.82) is 0 Å². The maximum atomic E-state index is 12.2. The quantitative estimate of drug-likeness (QED) is 0.374. The Morgan fingerprint density at radius 1 is 1.43 bits per heavy atom. The Morgan fingerprint density at radius 2 is 2.05 bits per heavy atom. The third kappa shape index (κ3) is 4.47. The first-order valence-electron chi connectivity index (χ1n) is 6.74. The van der Waals surface area contributed by atoms with E-state index < -0.39 is 29.3 Å². The molecular formula is C13H19N3O5. The standard InChI is InChI=1S/C13H19N3O5/c1-21-13(6-2-3-7-13)12(20)16-10(11(18)19)5-4-9(17)8-15-14/h8,10H,2-7H2,1H3,(H,16,20)(H,18,19)/t10-/m0/s1. The topological polar surface area (TPSA) is 129 Å². The number of carbonyl (C=O) groups is 3. The van der Waals surface area contributed by atoms with Gasteiger partial charge < -0.3 is 20.7 Å². The number of ketones is 1. The van der Waals surface area contributed by atoms with Gasteiger partial charge in [0.2, 0.25) is 5.78 Å². The predicted molar refractivity (Wildman–Crippen MR) is 71.7 cm³/mol. The van der Waals surface area contributed by atoms with Gasteiger partial charge in [-0.1, -0.05) is 0 Å². The van der Waals surface area contributed by atoms with E-state index in [1.165, 1.54) is 7.11 Å². The minimum Gasteiger partial charge on any atom is -0.480 e. The third-order valence-corrected chi connectivity index (χ3v) is 3.70. The average molecular weight is 297 g/mol. The molecule has 8 heteroatoms. The van der Waals surface area contributed by atoms with Gasteiger partial charge >= 0.3 is 12.2 Å². The molecule has 1 atom stereocenters. The zero-order chi connectivity index (χ0) is 15.9. The Balaban J connectivity index is 2.65. The van der Waals surface area contributed by atoms with Gasteiger partial charge in [-0.15, -0.1) is 0 Å². The van der Waals surface area contributed by atoms with Crippen LogP contribution in [-0.4, -0.2) is 52.5 Å². The number of carbonyl (C=O) groups excluding carboxylic acids is 2. The second kappa shape index (κ2) is 7.66. The van der Waals surface area contributed by atoms with Crippen molar-refractivity contribution < 1.29 is 29.0 Å². The molecule has 0 aliphatic heterocycles. The van der Waals surface area contributed by atoms with E-state index in [4.69, 9.17) is 15.4 Å². The number of methoxy groups -OCH3 is 1. The number of rotatable bonds is 8. The Labute approximate surface area is 122 Å². The number of ether oxygens (including phenoxy) is 1. The molecule has 8 nitrogen and oxygen atoms in total. The maximum absolute atomic E-state index is 12.2. The van der Waals surface area contributed by atoms with Crippen LogP contribution in [0.4, 0.5) is 0 Å². The number of carboxylic acids is 1. The van der Waals surface area contributed by atoms with E-state index in [9.17, 15) is 14.4 Å². The molecule has 2 N–H and O–H groups in total.